The second kappa shape index (κ2) is 5.58. The van der Waals surface area contributed by atoms with Crippen molar-refractivity contribution in [2.24, 2.45) is 0 Å². The van der Waals surface area contributed by atoms with Crippen LogP contribution in [-0.4, -0.2) is 18.0 Å². The Morgan fingerprint density at radius 3 is 2.79 bits per heavy atom. The van der Waals surface area contributed by atoms with Gasteiger partial charge in [0.1, 0.15) is 10.9 Å². The molecule has 2 aromatic rings. The molecule has 3 N–H and O–H groups in total. The summed E-state index contributed by atoms with van der Waals surface area (Å²) in [5.74, 6) is 0.250. The molecule has 1 amide bonds. The topological polar surface area (TPSA) is 77.2 Å². The number of methoxy groups -OCH3 is 1. The van der Waals surface area contributed by atoms with Gasteiger partial charge in [0, 0.05) is 17.4 Å². The first-order valence-corrected chi connectivity index (χ1v) is 5.84. The fraction of sp³-hybridized carbons (Fsp3) is 0.0769. The second-order valence-corrected chi connectivity index (χ2v) is 4.17. The van der Waals surface area contributed by atoms with Gasteiger partial charge in [-0.15, -0.1) is 0 Å². The number of anilines is 2. The van der Waals surface area contributed by atoms with E-state index in [1.165, 1.54) is 13.3 Å². The quantitative estimate of drug-likeness (QED) is 0.668. The molecule has 0 fully saturated rings. The molecule has 0 atom stereocenters. The highest BCUT2D eigenvalue weighted by molar-refractivity contribution is 6.29. The van der Waals surface area contributed by atoms with E-state index in [2.05, 4.69) is 10.3 Å². The molecule has 1 heterocycles. The number of nitrogens with two attached hydrogens (primary N) is 1. The summed E-state index contributed by atoms with van der Waals surface area (Å²) in [5.41, 5.74) is 7.16. The Labute approximate surface area is 115 Å². The normalized spacial score (nSPS) is 10.0. The lowest BCUT2D eigenvalue weighted by atomic mass is 10.1. The van der Waals surface area contributed by atoms with Gasteiger partial charge in [-0.2, -0.15) is 0 Å². The molecule has 5 nitrogen and oxygen atoms in total. The number of pyridine rings is 1. The van der Waals surface area contributed by atoms with E-state index in [1.807, 2.05) is 0 Å². The number of hydrogen-bond acceptors (Lipinski definition) is 4. The minimum absolute atomic E-state index is 0.281. The Morgan fingerprint density at radius 2 is 2.16 bits per heavy atom. The number of ether oxygens (including phenoxy) is 1. The van der Waals surface area contributed by atoms with Gasteiger partial charge in [0.2, 0.25) is 0 Å². The van der Waals surface area contributed by atoms with E-state index in [1.54, 1.807) is 30.3 Å². The molecule has 0 unspecified atom stereocenters. The molecule has 1 aromatic heterocycles. The van der Waals surface area contributed by atoms with Crippen LogP contribution in [0.3, 0.4) is 0 Å². The van der Waals surface area contributed by atoms with Crippen molar-refractivity contribution in [3.8, 4) is 5.75 Å². The van der Waals surface area contributed by atoms with Crippen LogP contribution < -0.4 is 15.8 Å². The number of hydrogen-bond donors (Lipinski definition) is 2. The maximum Gasteiger partial charge on any atom is 0.255 e. The van der Waals surface area contributed by atoms with Crippen molar-refractivity contribution in [1.29, 1.82) is 0 Å². The van der Waals surface area contributed by atoms with E-state index in [0.717, 1.165) is 0 Å². The van der Waals surface area contributed by atoms with E-state index in [0.29, 0.717) is 27.8 Å². The predicted molar refractivity (Wildman–Crippen MR) is 74.6 cm³/mol. The molecule has 0 bridgehead atoms. The lowest BCUT2D eigenvalue weighted by Gasteiger charge is -2.08. The van der Waals surface area contributed by atoms with Gasteiger partial charge < -0.3 is 15.8 Å². The molecule has 0 spiro atoms. The minimum Gasteiger partial charge on any atom is -0.495 e. The van der Waals surface area contributed by atoms with Crippen molar-refractivity contribution in [2.75, 3.05) is 18.2 Å². The van der Waals surface area contributed by atoms with Crippen LogP contribution in [0, 0.1) is 0 Å². The first kappa shape index (κ1) is 13.2. The first-order valence-electron chi connectivity index (χ1n) is 5.46. The molecule has 0 aliphatic rings. The molecule has 0 saturated heterocycles. The molecule has 0 aliphatic carbocycles. The largest absolute Gasteiger partial charge is 0.495 e. The number of carbonyl (C=O) groups is 1. The van der Waals surface area contributed by atoms with Gasteiger partial charge in [-0.1, -0.05) is 11.6 Å². The van der Waals surface area contributed by atoms with E-state index >= 15 is 0 Å². The van der Waals surface area contributed by atoms with Gasteiger partial charge in [-0.3, -0.25) is 4.79 Å². The van der Waals surface area contributed by atoms with Gasteiger partial charge in [0.15, 0.2) is 0 Å². The summed E-state index contributed by atoms with van der Waals surface area (Å²) in [5, 5.41) is 3.02. The van der Waals surface area contributed by atoms with Gasteiger partial charge in [0.05, 0.1) is 12.8 Å². The smallest absolute Gasteiger partial charge is 0.255 e. The number of nitrogen functional groups attached to an aromatic ring is 1. The van der Waals surface area contributed by atoms with Crippen LogP contribution in [0.4, 0.5) is 11.4 Å². The summed E-state index contributed by atoms with van der Waals surface area (Å²) >= 11 is 5.74. The van der Waals surface area contributed by atoms with Crippen LogP contribution in [0.5, 0.6) is 5.75 Å². The summed E-state index contributed by atoms with van der Waals surface area (Å²) in [6, 6.07) is 8.04. The molecule has 2 rings (SSSR count). The monoisotopic (exact) mass is 277 g/mol. The zero-order valence-electron chi connectivity index (χ0n) is 10.2. The Hall–Kier alpha value is -2.27. The first-order chi connectivity index (χ1) is 9.10. The number of nitrogens with one attached hydrogen (secondary N) is 1. The van der Waals surface area contributed by atoms with E-state index in [-0.39, 0.29) is 5.91 Å². The van der Waals surface area contributed by atoms with Gasteiger partial charge in [-0.05, 0) is 30.3 Å². The second-order valence-electron chi connectivity index (χ2n) is 3.78. The number of amides is 1. The van der Waals surface area contributed by atoms with Crippen molar-refractivity contribution in [3.63, 3.8) is 0 Å². The highest BCUT2D eigenvalue weighted by Gasteiger charge is 2.09. The highest BCUT2D eigenvalue weighted by Crippen LogP contribution is 2.22. The van der Waals surface area contributed by atoms with Crippen molar-refractivity contribution in [2.45, 2.75) is 0 Å². The van der Waals surface area contributed by atoms with Crippen LogP contribution in [0.15, 0.2) is 36.5 Å². The third-order valence-corrected chi connectivity index (χ3v) is 2.68. The van der Waals surface area contributed by atoms with Gasteiger partial charge >= 0.3 is 0 Å². The fourth-order valence-corrected chi connectivity index (χ4v) is 1.73. The molecular formula is C13H12ClN3O2. The van der Waals surface area contributed by atoms with Crippen molar-refractivity contribution < 1.29 is 9.53 Å². The average Bonchev–Trinajstić information content (AvgIpc) is 2.38. The number of nitrogens with zero attached hydrogens (tertiary/aromatic N) is 1. The lowest BCUT2D eigenvalue weighted by molar-refractivity contribution is 0.102. The summed E-state index contributed by atoms with van der Waals surface area (Å²) in [6.07, 6.45) is 1.51. The van der Waals surface area contributed by atoms with E-state index in [9.17, 15) is 4.79 Å². The molecule has 0 saturated carbocycles. The van der Waals surface area contributed by atoms with Crippen molar-refractivity contribution in [1.82, 2.24) is 4.98 Å². The van der Waals surface area contributed by atoms with Crippen molar-refractivity contribution >= 4 is 28.9 Å². The third-order valence-electron chi connectivity index (χ3n) is 2.48. The zero-order chi connectivity index (χ0) is 13.8. The number of carbonyl (C=O) groups excluding carboxylic acids is 1. The molecule has 0 radical (unpaired) electrons. The predicted octanol–water partition coefficient (Wildman–Crippen LogP) is 2.58. The Balaban J connectivity index is 2.18. The number of rotatable bonds is 3. The molecule has 1 aromatic carbocycles. The van der Waals surface area contributed by atoms with Crippen LogP contribution in [0.2, 0.25) is 5.15 Å². The standard InChI is InChI=1S/C13H12ClN3O2/c1-19-11-3-2-8(6-10(11)15)13(18)17-9-4-5-16-12(14)7-9/h2-7H,15H2,1H3,(H,16,17,18). The fourth-order valence-electron chi connectivity index (χ4n) is 1.56. The van der Waals surface area contributed by atoms with Crippen LogP contribution in [0.1, 0.15) is 10.4 Å². The molecular weight excluding hydrogens is 266 g/mol. The highest BCUT2D eigenvalue weighted by atomic mass is 35.5. The summed E-state index contributed by atoms with van der Waals surface area (Å²) in [4.78, 5) is 15.8. The maximum atomic E-state index is 12.0. The molecule has 0 aliphatic heterocycles. The molecule has 19 heavy (non-hydrogen) atoms. The minimum atomic E-state index is -0.281. The number of aromatic nitrogens is 1. The van der Waals surface area contributed by atoms with Crippen LogP contribution in [-0.2, 0) is 0 Å². The van der Waals surface area contributed by atoms with Crippen molar-refractivity contribution in [3.05, 3.63) is 47.2 Å². The van der Waals surface area contributed by atoms with E-state index < -0.39 is 0 Å². The Morgan fingerprint density at radius 1 is 1.37 bits per heavy atom. The Bertz CT molecular complexity index is 617. The SMILES string of the molecule is COc1ccc(C(=O)Nc2ccnc(Cl)c2)cc1N. The molecule has 6 heteroatoms. The van der Waals surface area contributed by atoms with Gasteiger partial charge in [-0.25, -0.2) is 4.98 Å². The van der Waals surface area contributed by atoms with E-state index in [4.69, 9.17) is 22.1 Å². The average molecular weight is 278 g/mol. The van der Waals surface area contributed by atoms with Crippen LogP contribution in [0.25, 0.3) is 0 Å². The summed E-state index contributed by atoms with van der Waals surface area (Å²) in [7, 11) is 1.52. The third kappa shape index (κ3) is 3.14. The van der Waals surface area contributed by atoms with Crippen LogP contribution >= 0.6 is 11.6 Å². The number of halogens is 1. The summed E-state index contributed by atoms with van der Waals surface area (Å²) < 4.78 is 5.03. The Kier molecular flexibility index (Phi) is 3.87. The maximum absolute atomic E-state index is 12.0. The zero-order valence-corrected chi connectivity index (χ0v) is 10.9. The summed E-state index contributed by atoms with van der Waals surface area (Å²) in [6.45, 7) is 0. The number of benzene rings is 1. The lowest BCUT2D eigenvalue weighted by Crippen LogP contribution is -2.12. The van der Waals surface area contributed by atoms with Gasteiger partial charge in [0.25, 0.3) is 5.91 Å². The molecule has 98 valence electrons.